The van der Waals surface area contributed by atoms with Gasteiger partial charge in [0.2, 0.25) is 5.91 Å². The van der Waals surface area contributed by atoms with E-state index in [1.165, 1.54) is 11.3 Å². The largest absolute Gasteiger partial charge is 0.361 e. The lowest BCUT2D eigenvalue weighted by Crippen LogP contribution is -2.19. The molecule has 0 fully saturated rings. The smallest absolute Gasteiger partial charge is 0.323 e. The van der Waals surface area contributed by atoms with Crippen molar-refractivity contribution in [3.05, 3.63) is 66.2 Å². The van der Waals surface area contributed by atoms with E-state index in [0.29, 0.717) is 30.0 Å². The van der Waals surface area contributed by atoms with E-state index in [4.69, 9.17) is 0 Å². The number of aromatic nitrogens is 1. The van der Waals surface area contributed by atoms with Gasteiger partial charge in [-0.05, 0) is 36.4 Å². The highest BCUT2D eigenvalue weighted by atomic mass is 32.1. The fourth-order valence-corrected chi connectivity index (χ4v) is 2.83. The normalized spacial score (nSPS) is 10.1. The summed E-state index contributed by atoms with van der Waals surface area (Å²) in [6.07, 6.45) is 2.04. The van der Waals surface area contributed by atoms with Crippen LogP contribution >= 0.6 is 11.3 Å². The van der Waals surface area contributed by atoms with Gasteiger partial charge in [-0.1, -0.05) is 18.2 Å². The topological polar surface area (TPSA) is 95.2 Å². The van der Waals surface area contributed by atoms with Gasteiger partial charge in [0.25, 0.3) is 0 Å². The molecule has 1 heterocycles. The van der Waals surface area contributed by atoms with Crippen LogP contribution in [0.5, 0.6) is 0 Å². The van der Waals surface area contributed by atoms with E-state index in [1.54, 1.807) is 30.5 Å². The molecule has 138 valence electrons. The second-order valence-electron chi connectivity index (χ2n) is 5.58. The van der Waals surface area contributed by atoms with Crippen molar-refractivity contribution < 1.29 is 9.59 Å². The number of urea groups is 1. The van der Waals surface area contributed by atoms with Gasteiger partial charge in [0, 0.05) is 41.6 Å². The average molecular weight is 381 g/mol. The van der Waals surface area contributed by atoms with Gasteiger partial charge >= 0.3 is 6.03 Å². The number of carbonyl (C=O) groups is 2. The Morgan fingerprint density at radius 1 is 0.852 bits per heavy atom. The summed E-state index contributed by atoms with van der Waals surface area (Å²) >= 11 is 1.49. The predicted octanol–water partition coefficient (Wildman–Crippen LogP) is 4.23. The number of hydrogen-bond acceptors (Lipinski definition) is 5. The Morgan fingerprint density at radius 2 is 1.48 bits per heavy atom. The van der Waals surface area contributed by atoms with Crippen molar-refractivity contribution in [2.75, 3.05) is 27.8 Å². The number of hydrogen-bond donors (Lipinski definition) is 4. The summed E-state index contributed by atoms with van der Waals surface area (Å²) in [7, 11) is 0. The molecular formula is C19H19N5O2S. The number of para-hydroxylation sites is 1. The number of anilines is 4. The van der Waals surface area contributed by atoms with Crippen molar-refractivity contribution in [1.82, 2.24) is 4.98 Å². The van der Waals surface area contributed by atoms with E-state index in [2.05, 4.69) is 26.3 Å². The maximum atomic E-state index is 12.0. The molecule has 3 rings (SSSR count). The van der Waals surface area contributed by atoms with Crippen LogP contribution in [0.15, 0.2) is 66.2 Å². The molecule has 0 radical (unpaired) electrons. The number of rotatable bonds is 7. The summed E-state index contributed by atoms with van der Waals surface area (Å²) in [5.41, 5.74) is 2.01. The Kier molecular flexibility index (Phi) is 6.37. The van der Waals surface area contributed by atoms with Crippen LogP contribution in [0, 0.1) is 0 Å². The first-order valence-corrected chi connectivity index (χ1v) is 9.23. The highest BCUT2D eigenvalue weighted by Crippen LogP contribution is 2.15. The summed E-state index contributed by atoms with van der Waals surface area (Å²) in [4.78, 5) is 28.0. The standard InChI is InChI=1S/C19H19N5O2S/c25-17(10-11-20-19-21-12-13-27-19)22-15-6-8-16(9-7-15)24-18(26)23-14-4-2-1-3-5-14/h1-9,12-13H,10-11H2,(H,20,21)(H,22,25)(H2,23,24,26). The van der Waals surface area contributed by atoms with Crippen LogP contribution in [0.25, 0.3) is 0 Å². The third kappa shape index (κ3) is 6.12. The van der Waals surface area contributed by atoms with Gasteiger partial charge in [0.15, 0.2) is 5.13 Å². The number of nitrogens with one attached hydrogen (secondary N) is 4. The van der Waals surface area contributed by atoms with Crippen LogP contribution in [-0.2, 0) is 4.79 Å². The van der Waals surface area contributed by atoms with E-state index in [-0.39, 0.29) is 11.9 Å². The Morgan fingerprint density at radius 3 is 2.11 bits per heavy atom. The maximum Gasteiger partial charge on any atom is 0.323 e. The van der Waals surface area contributed by atoms with Crippen molar-refractivity contribution in [3.8, 4) is 0 Å². The van der Waals surface area contributed by atoms with Gasteiger partial charge in [-0.25, -0.2) is 9.78 Å². The molecule has 0 saturated heterocycles. The SMILES string of the molecule is O=C(CCNc1nccs1)Nc1ccc(NC(=O)Nc2ccccc2)cc1. The average Bonchev–Trinajstić information content (AvgIpc) is 3.17. The summed E-state index contributed by atoms with van der Waals surface area (Å²) in [6.45, 7) is 0.513. The van der Waals surface area contributed by atoms with Crippen molar-refractivity contribution in [2.24, 2.45) is 0 Å². The lowest BCUT2D eigenvalue weighted by atomic mass is 10.2. The second-order valence-corrected chi connectivity index (χ2v) is 6.48. The van der Waals surface area contributed by atoms with Crippen LogP contribution in [0.1, 0.15) is 6.42 Å². The first-order chi connectivity index (χ1) is 13.2. The monoisotopic (exact) mass is 381 g/mol. The maximum absolute atomic E-state index is 12.0. The fraction of sp³-hybridized carbons (Fsp3) is 0.105. The molecule has 7 nitrogen and oxygen atoms in total. The molecule has 0 aliphatic carbocycles. The highest BCUT2D eigenvalue weighted by Gasteiger charge is 2.05. The number of carbonyl (C=O) groups excluding carboxylic acids is 2. The molecular weight excluding hydrogens is 362 g/mol. The van der Waals surface area contributed by atoms with Crippen molar-refractivity contribution in [3.63, 3.8) is 0 Å². The quantitative estimate of drug-likeness (QED) is 0.493. The molecule has 8 heteroatoms. The minimum Gasteiger partial charge on any atom is -0.361 e. The molecule has 0 aliphatic heterocycles. The fourth-order valence-electron chi connectivity index (χ4n) is 2.27. The summed E-state index contributed by atoms with van der Waals surface area (Å²) in [6, 6.07) is 15.8. The van der Waals surface area contributed by atoms with Gasteiger partial charge in [-0.2, -0.15) is 0 Å². The molecule has 1 aromatic heterocycles. The zero-order valence-electron chi connectivity index (χ0n) is 14.4. The first-order valence-electron chi connectivity index (χ1n) is 8.35. The summed E-state index contributed by atoms with van der Waals surface area (Å²) < 4.78 is 0. The Bertz CT molecular complexity index is 867. The molecule has 2 aromatic carbocycles. The number of thiazole rings is 1. The Hall–Kier alpha value is -3.39. The molecule has 0 spiro atoms. The molecule has 0 bridgehead atoms. The molecule has 3 amide bonds. The molecule has 0 saturated carbocycles. The van der Waals surface area contributed by atoms with Crippen molar-refractivity contribution >= 4 is 45.5 Å². The number of benzene rings is 2. The molecule has 0 unspecified atom stereocenters. The van der Waals surface area contributed by atoms with Gasteiger partial charge < -0.3 is 21.3 Å². The molecule has 0 atom stereocenters. The van der Waals surface area contributed by atoms with E-state index < -0.39 is 0 Å². The van der Waals surface area contributed by atoms with Crippen LogP contribution < -0.4 is 21.3 Å². The van der Waals surface area contributed by atoms with Crippen LogP contribution in [0.4, 0.5) is 27.0 Å². The van der Waals surface area contributed by atoms with Crippen molar-refractivity contribution in [2.45, 2.75) is 6.42 Å². The summed E-state index contributed by atoms with van der Waals surface area (Å²) in [5.74, 6) is -0.0958. The molecule has 0 aliphatic rings. The van der Waals surface area contributed by atoms with E-state index in [1.807, 2.05) is 35.7 Å². The minimum atomic E-state index is -0.328. The van der Waals surface area contributed by atoms with Gasteiger partial charge in [-0.15, -0.1) is 11.3 Å². The third-order valence-corrected chi connectivity index (χ3v) is 4.25. The second kappa shape index (κ2) is 9.35. The van der Waals surface area contributed by atoms with Crippen molar-refractivity contribution in [1.29, 1.82) is 0 Å². The zero-order valence-corrected chi connectivity index (χ0v) is 15.3. The molecule has 3 aromatic rings. The lowest BCUT2D eigenvalue weighted by Gasteiger charge is -2.09. The summed E-state index contributed by atoms with van der Waals surface area (Å²) in [5, 5.41) is 14.1. The zero-order chi connectivity index (χ0) is 18.9. The minimum absolute atomic E-state index is 0.0958. The molecule has 27 heavy (non-hydrogen) atoms. The van der Waals surface area contributed by atoms with Gasteiger partial charge in [-0.3, -0.25) is 4.79 Å². The van der Waals surface area contributed by atoms with E-state index in [9.17, 15) is 9.59 Å². The molecule has 4 N–H and O–H groups in total. The Labute approximate surface area is 160 Å². The van der Waals surface area contributed by atoms with E-state index in [0.717, 1.165) is 5.13 Å². The van der Waals surface area contributed by atoms with E-state index >= 15 is 0 Å². The van der Waals surface area contributed by atoms with Crippen LogP contribution in [-0.4, -0.2) is 23.5 Å². The van der Waals surface area contributed by atoms with Gasteiger partial charge in [0.05, 0.1) is 0 Å². The van der Waals surface area contributed by atoms with Crippen LogP contribution in [0.3, 0.4) is 0 Å². The Balaban J connectivity index is 1.42. The van der Waals surface area contributed by atoms with Crippen LogP contribution in [0.2, 0.25) is 0 Å². The number of nitrogens with zero attached hydrogens (tertiary/aromatic N) is 1. The first kappa shape index (κ1) is 18.4. The highest BCUT2D eigenvalue weighted by molar-refractivity contribution is 7.13. The third-order valence-electron chi connectivity index (χ3n) is 3.52. The lowest BCUT2D eigenvalue weighted by molar-refractivity contribution is -0.115. The number of amides is 3. The van der Waals surface area contributed by atoms with Gasteiger partial charge in [0.1, 0.15) is 0 Å². The predicted molar refractivity (Wildman–Crippen MR) is 109 cm³/mol.